The first kappa shape index (κ1) is 12.7. The lowest BCUT2D eigenvalue weighted by Crippen LogP contribution is -2.46. The van der Waals surface area contributed by atoms with E-state index in [0.29, 0.717) is 10.3 Å². The number of halogens is 2. The molecule has 1 aliphatic heterocycles. The van der Waals surface area contributed by atoms with Crippen LogP contribution in [0.25, 0.3) is 0 Å². The van der Waals surface area contributed by atoms with E-state index in [2.05, 4.69) is 14.8 Å². The van der Waals surface area contributed by atoms with Crippen molar-refractivity contribution in [3.05, 3.63) is 28.0 Å². The Hall–Kier alpha value is -0.350. The van der Waals surface area contributed by atoms with E-state index in [4.69, 9.17) is 23.2 Å². The predicted molar refractivity (Wildman–Crippen MR) is 74.1 cm³/mol. The minimum atomic E-state index is 0.481. The van der Waals surface area contributed by atoms with Crippen LogP contribution in [0.3, 0.4) is 0 Å². The summed E-state index contributed by atoms with van der Waals surface area (Å²) in [5.41, 5.74) is 1.15. The molecule has 1 aromatic heterocycles. The maximum absolute atomic E-state index is 5.92. The summed E-state index contributed by atoms with van der Waals surface area (Å²) in [7, 11) is 0. The number of hydrogen-bond donors (Lipinski definition) is 0. The highest BCUT2D eigenvalue weighted by atomic mass is 35.5. The zero-order valence-corrected chi connectivity index (χ0v) is 11.8. The molecule has 0 unspecified atom stereocenters. The van der Waals surface area contributed by atoms with Crippen molar-refractivity contribution in [1.82, 2.24) is 14.8 Å². The molecule has 1 aliphatic carbocycles. The van der Waals surface area contributed by atoms with Crippen molar-refractivity contribution >= 4 is 23.2 Å². The molecule has 2 fully saturated rings. The first-order valence-corrected chi connectivity index (χ1v) is 7.25. The van der Waals surface area contributed by atoms with Gasteiger partial charge in [0.1, 0.15) is 10.3 Å². The summed E-state index contributed by atoms with van der Waals surface area (Å²) >= 11 is 11.8. The second-order valence-electron chi connectivity index (χ2n) is 5.16. The van der Waals surface area contributed by atoms with Crippen molar-refractivity contribution in [2.45, 2.75) is 25.4 Å². The van der Waals surface area contributed by atoms with Gasteiger partial charge in [-0.25, -0.2) is 4.98 Å². The average molecular weight is 286 g/mol. The molecule has 2 heterocycles. The largest absolute Gasteiger partial charge is 0.298 e. The van der Waals surface area contributed by atoms with Gasteiger partial charge in [0, 0.05) is 38.8 Å². The van der Waals surface area contributed by atoms with E-state index in [-0.39, 0.29) is 0 Å². The number of aromatic nitrogens is 1. The lowest BCUT2D eigenvalue weighted by Gasteiger charge is -2.34. The molecule has 0 aromatic carbocycles. The van der Waals surface area contributed by atoms with Crippen LogP contribution >= 0.6 is 23.2 Å². The summed E-state index contributed by atoms with van der Waals surface area (Å²) in [5, 5.41) is 0.961. The zero-order chi connectivity index (χ0) is 12.5. The SMILES string of the molecule is Clc1cc(CN2CCN(C3CC3)CC2)cc(Cl)n1. The van der Waals surface area contributed by atoms with Gasteiger partial charge < -0.3 is 0 Å². The Bertz CT molecular complexity index is 406. The number of rotatable bonds is 3. The Balaban J connectivity index is 1.56. The van der Waals surface area contributed by atoms with Crippen LogP contribution in [0.4, 0.5) is 0 Å². The lowest BCUT2D eigenvalue weighted by atomic mass is 10.2. The van der Waals surface area contributed by atoms with Gasteiger partial charge in [-0.2, -0.15) is 0 Å². The molecule has 2 aliphatic rings. The molecular weight excluding hydrogens is 269 g/mol. The molecule has 18 heavy (non-hydrogen) atoms. The van der Waals surface area contributed by atoms with Crippen molar-refractivity contribution in [3.63, 3.8) is 0 Å². The number of piperazine rings is 1. The van der Waals surface area contributed by atoms with Crippen LogP contribution in [0.15, 0.2) is 12.1 Å². The first-order valence-electron chi connectivity index (χ1n) is 6.49. The third-order valence-electron chi connectivity index (χ3n) is 3.70. The van der Waals surface area contributed by atoms with Crippen LogP contribution in [-0.2, 0) is 6.54 Å². The quantitative estimate of drug-likeness (QED) is 0.796. The van der Waals surface area contributed by atoms with Gasteiger partial charge in [-0.3, -0.25) is 9.80 Å². The molecule has 0 atom stereocenters. The third kappa shape index (κ3) is 3.15. The Kier molecular flexibility index (Phi) is 3.76. The Morgan fingerprint density at radius 1 is 1.06 bits per heavy atom. The fraction of sp³-hybridized carbons (Fsp3) is 0.615. The normalized spacial score (nSPS) is 22.3. The highest BCUT2D eigenvalue weighted by molar-refractivity contribution is 6.32. The average Bonchev–Trinajstić information content (AvgIpc) is 3.12. The second kappa shape index (κ2) is 5.33. The summed E-state index contributed by atoms with van der Waals surface area (Å²) in [6.07, 6.45) is 2.80. The highest BCUT2D eigenvalue weighted by Crippen LogP contribution is 2.27. The zero-order valence-electron chi connectivity index (χ0n) is 10.3. The summed E-state index contributed by atoms with van der Waals surface area (Å²) < 4.78 is 0. The lowest BCUT2D eigenvalue weighted by molar-refractivity contribution is 0.121. The van der Waals surface area contributed by atoms with Crippen LogP contribution in [0.1, 0.15) is 18.4 Å². The van der Waals surface area contributed by atoms with Crippen LogP contribution in [-0.4, -0.2) is 47.0 Å². The van der Waals surface area contributed by atoms with Gasteiger partial charge in [0.25, 0.3) is 0 Å². The van der Waals surface area contributed by atoms with Gasteiger partial charge in [-0.15, -0.1) is 0 Å². The van der Waals surface area contributed by atoms with Crippen molar-refractivity contribution in [2.24, 2.45) is 0 Å². The monoisotopic (exact) mass is 285 g/mol. The van der Waals surface area contributed by atoms with Crippen LogP contribution in [0, 0.1) is 0 Å². The fourth-order valence-corrected chi connectivity index (χ4v) is 3.10. The van der Waals surface area contributed by atoms with Crippen molar-refractivity contribution in [1.29, 1.82) is 0 Å². The molecule has 1 saturated heterocycles. The molecule has 3 nitrogen and oxygen atoms in total. The van der Waals surface area contributed by atoms with E-state index in [0.717, 1.165) is 31.2 Å². The molecule has 0 N–H and O–H groups in total. The van der Waals surface area contributed by atoms with Crippen LogP contribution < -0.4 is 0 Å². The highest BCUT2D eigenvalue weighted by Gasteiger charge is 2.31. The van der Waals surface area contributed by atoms with Crippen LogP contribution in [0.2, 0.25) is 10.3 Å². The molecule has 0 radical (unpaired) electrons. The molecule has 0 bridgehead atoms. The molecule has 1 aromatic rings. The van der Waals surface area contributed by atoms with Gasteiger partial charge in [0.15, 0.2) is 0 Å². The topological polar surface area (TPSA) is 19.4 Å². The molecule has 3 rings (SSSR count). The Labute approximate surface area is 118 Å². The van der Waals surface area contributed by atoms with E-state index < -0.39 is 0 Å². The van der Waals surface area contributed by atoms with Crippen molar-refractivity contribution in [2.75, 3.05) is 26.2 Å². The van der Waals surface area contributed by atoms with Crippen LogP contribution in [0.5, 0.6) is 0 Å². The maximum Gasteiger partial charge on any atom is 0.131 e. The molecule has 1 saturated carbocycles. The van der Waals surface area contributed by atoms with Crippen molar-refractivity contribution < 1.29 is 0 Å². The third-order valence-corrected chi connectivity index (χ3v) is 4.09. The van der Waals surface area contributed by atoms with E-state index in [1.165, 1.54) is 25.9 Å². The Morgan fingerprint density at radius 3 is 2.22 bits per heavy atom. The summed E-state index contributed by atoms with van der Waals surface area (Å²) in [6, 6.07) is 4.69. The smallest absolute Gasteiger partial charge is 0.131 e. The summed E-state index contributed by atoms with van der Waals surface area (Å²) in [4.78, 5) is 9.05. The van der Waals surface area contributed by atoms with Gasteiger partial charge >= 0.3 is 0 Å². The Morgan fingerprint density at radius 2 is 1.67 bits per heavy atom. The predicted octanol–water partition coefficient (Wildman–Crippen LogP) is 2.67. The van der Waals surface area contributed by atoms with E-state index in [1.807, 2.05) is 12.1 Å². The molecule has 98 valence electrons. The fourth-order valence-electron chi connectivity index (χ4n) is 2.59. The first-order chi connectivity index (χ1) is 8.70. The summed E-state index contributed by atoms with van der Waals surface area (Å²) in [6.45, 7) is 5.57. The molecular formula is C13H17Cl2N3. The van der Waals surface area contributed by atoms with Gasteiger partial charge in [-0.05, 0) is 30.5 Å². The molecule has 5 heteroatoms. The number of hydrogen-bond acceptors (Lipinski definition) is 3. The van der Waals surface area contributed by atoms with Crippen molar-refractivity contribution in [3.8, 4) is 0 Å². The number of nitrogens with zero attached hydrogens (tertiary/aromatic N) is 3. The van der Waals surface area contributed by atoms with Gasteiger partial charge in [0.2, 0.25) is 0 Å². The molecule has 0 amide bonds. The minimum absolute atomic E-state index is 0.481. The van der Waals surface area contributed by atoms with E-state index in [1.54, 1.807) is 0 Å². The van der Waals surface area contributed by atoms with Gasteiger partial charge in [0.05, 0.1) is 0 Å². The van der Waals surface area contributed by atoms with E-state index in [9.17, 15) is 0 Å². The van der Waals surface area contributed by atoms with E-state index >= 15 is 0 Å². The summed E-state index contributed by atoms with van der Waals surface area (Å²) in [5.74, 6) is 0. The van der Waals surface area contributed by atoms with Gasteiger partial charge in [-0.1, -0.05) is 23.2 Å². The minimum Gasteiger partial charge on any atom is -0.298 e. The standard InChI is InChI=1S/C13H17Cl2N3/c14-12-7-10(8-13(15)16-12)9-17-3-5-18(6-4-17)11-1-2-11/h7-8,11H,1-6,9H2. The number of pyridine rings is 1. The second-order valence-corrected chi connectivity index (χ2v) is 5.94. The molecule has 0 spiro atoms. The maximum atomic E-state index is 5.92.